The van der Waals surface area contributed by atoms with Gasteiger partial charge in [0.05, 0.1) is 30.8 Å². The number of benzene rings is 1. The molecule has 8 heteroatoms. The van der Waals surface area contributed by atoms with E-state index in [0.717, 1.165) is 11.1 Å². The monoisotopic (exact) mass is 444 g/mol. The van der Waals surface area contributed by atoms with Gasteiger partial charge in [0.25, 0.3) is 0 Å². The minimum absolute atomic E-state index is 0.201. The average Bonchev–Trinajstić information content (AvgIpc) is 3.31. The number of rotatable bonds is 6. The van der Waals surface area contributed by atoms with E-state index in [2.05, 4.69) is 5.32 Å². The largest absolute Gasteiger partial charge is 0.466 e. The van der Waals surface area contributed by atoms with E-state index in [1.807, 2.05) is 39.0 Å². The zero-order chi connectivity index (χ0) is 23.4. The van der Waals surface area contributed by atoms with Crippen LogP contribution in [0.5, 0.6) is 0 Å². The Morgan fingerprint density at radius 1 is 1.31 bits per heavy atom. The molecule has 3 heterocycles. The van der Waals surface area contributed by atoms with Crippen molar-refractivity contribution in [1.82, 2.24) is 4.90 Å². The molecule has 0 saturated carbocycles. The van der Waals surface area contributed by atoms with Gasteiger partial charge in [-0.05, 0) is 58.6 Å². The van der Waals surface area contributed by atoms with E-state index in [1.165, 1.54) is 4.90 Å². The lowest BCUT2D eigenvalue weighted by Crippen LogP contribution is -2.56. The van der Waals surface area contributed by atoms with Crippen LogP contribution in [-0.2, 0) is 23.9 Å². The second-order valence-electron chi connectivity index (χ2n) is 9.51. The summed E-state index contributed by atoms with van der Waals surface area (Å²) >= 11 is 0. The molecule has 32 heavy (non-hydrogen) atoms. The van der Waals surface area contributed by atoms with Gasteiger partial charge in [0.1, 0.15) is 17.6 Å². The summed E-state index contributed by atoms with van der Waals surface area (Å²) in [5.74, 6) is -2.78. The summed E-state index contributed by atoms with van der Waals surface area (Å²) in [6.07, 6.45) is 1.03. The lowest BCUT2D eigenvalue weighted by atomic mass is 9.66. The zero-order valence-electron chi connectivity index (χ0n) is 19.3. The Hall–Kier alpha value is -2.45. The van der Waals surface area contributed by atoms with Crippen LogP contribution in [-0.4, -0.2) is 64.3 Å². The highest BCUT2D eigenvalue weighted by molar-refractivity contribution is 6.04. The van der Waals surface area contributed by atoms with E-state index in [1.54, 1.807) is 13.8 Å². The highest BCUT2D eigenvalue weighted by atomic mass is 16.6. The van der Waals surface area contributed by atoms with Gasteiger partial charge in [0.15, 0.2) is 0 Å². The predicted molar refractivity (Wildman–Crippen MR) is 117 cm³/mol. The number of aliphatic hydroxyl groups excluding tert-OH is 1. The second kappa shape index (κ2) is 7.85. The van der Waals surface area contributed by atoms with Gasteiger partial charge in [-0.2, -0.15) is 0 Å². The normalized spacial score (nSPS) is 33.9. The van der Waals surface area contributed by atoms with Crippen molar-refractivity contribution < 1.29 is 29.0 Å². The van der Waals surface area contributed by atoms with Crippen LogP contribution in [0.1, 0.15) is 44.7 Å². The standard InChI is InChI=1S/C24H32N2O6/c1-6-31-22(30)17-16-21(29)26(15(4)12-27)19(24(16)11-10-23(17,5)32-24)20(28)25-18-13(2)8-7-9-14(18)3/h7-9,15-17,19,27H,6,10-12H2,1-5H3,(H,25,28)/t15-,16+,17-,19?,23+,24?/m1/s1. The first-order chi connectivity index (χ1) is 15.1. The van der Waals surface area contributed by atoms with Crippen molar-refractivity contribution in [3.05, 3.63) is 29.3 Å². The predicted octanol–water partition coefficient (Wildman–Crippen LogP) is 1.95. The summed E-state index contributed by atoms with van der Waals surface area (Å²) in [6, 6.07) is 4.18. The summed E-state index contributed by atoms with van der Waals surface area (Å²) < 4.78 is 11.8. The first-order valence-corrected chi connectivity index (χ1v) is 11.3. The molecule has 0 aromatic heterocycles. The number of esters is 1. The quantitative estimate of drug-likeness (QED) is 0.650. The van der Waals surface area contributed by atoms with Crippen LogP contribution in [0.2, 0.25) is 0 Å². The number of likely N-dealkylation sites (tertiary alicyclic amines) is 1. The van der Waals surface area contributed by atoms with Crippen LogP contribution < -0.4 is 5.32 Å². The molecule has 2 amide bonds. The van der Waals surface area contributed by atoms with E-state index >= 15 is 0 Å². The Morgan fingerprint density at radius 3 is 2.56 bits per heavy atom. The molecule has 8 nitrogen and oxygen atoms in total. The number of nitrogens with zero attached hydrogens (tertiary/aromatic N) is 1. The molecule has 3 fully saturated rings. The van der Waals surface area contributed by atoms with E-state index in [4.69, 9.17) is 9.47 Å². The smallest absolute Gasteiger partial charge is 0.312 e. The number of carbonyl (C=O) groups excluding carboxylic acids is 3. The van der Waals surface area contributed by atoms with Crippen molar-refractivity contribution >= 4 is 23.5 Å². The fraction of sp³-hybridized carbons (Fsp3) is 0.625. The van der Waals surface area contributed by atoms with Crippen molar-refractivity contribution in [2.45, 2.75) is 70.7 Å². The van der Waals surface area contributed by atoms with Crippen molar-refractivity contribution in [3.8, 4) is 0 Å². The van der Waals surface area contributed by atoms with Gasteiger partial charge in [0.2, 0.25) is 11.8 Å². The molecule has 174 valence electrons. The van der Waals surface area contributed by atoms with E-state index in [-0.39, 0.29) is 25.0 Å². The molecule has 3 aliphatic heterocycles. The van der Waals surface area contributed by atoms with Crippen LogP contribution in [0.15, 0.2) is 18.2 Å². The topological polar surface area (TPSA) is 105 Å². The third-order valence-electron chi connectivity index (χ3n) is 7.47. The van der Waals surface area contributed by atoms with Gasteiger partial charge in [-0.25, -0.2) is 0 Å². The summed E-state index contributed by atoms with van der Waals surface area (Å²) in [7, 11) is 0. The lowest BCUT2D eigenvalue weighted by Gasteiger charge is -2.36. The minimum atomic E-state index is -1.13. The highest BCUT2D eigenvalue weighted by Crippen LogP contribution is 2.63. The molecule has 6 atom stereocenters. The highest BCUT2D eigenvalue weighted by Gasteiger charge is 2.78. The maximum atomic E-state index is 13.7. The third-order valence-corrected chi connectivity index (χ3v) is 7.47. The number of aryl methyl sites for hydroxylation is 2. The Morgan fingerprint density at radius 2 is 1.97 bits per heavy atom. The minimum Gasteiger partial charge on any atom is -0.466 e. The van der Waals surface area contributed by atoms with E-state index in [0.29, 0.717) is 18.5 Å². The Bertz CT molecular complexity index is 944. The van der Waals surface area contributed by atoms with Crippen LogP contribution in [0.25, 0.3) is 0 Å². The number of hydrogen-bond donors (Lipinski definition) is 2. The average molecular weight is 445 g/mol. The summed E-state index contributed by atoms with van der Waals surface area (Å²) in [5.41, 5.74) is 0.519. The lowest BCUT2D eigenvalue weighted by molar-refractivity contribution is -0.159. The molecule has 3 aliphatic rings. The molecule has 1 spiro atoms. The van der Waals surface area contributed by atoms with Crippen molar-refractivity contribution in [2.24, 2.45) is 11.8 Å². The van der Waals surface area contributed by atoms with Crippen LogP contribution in [0.4, 0.5) is 5.69 Å². The zero-order valence-corrected chi connectivity index (χ0v) is 19.3. The number of ether oxygens (including phenoxy) is 2. The molecule has 2 unspecified atom stereocenters. The van der Waals surface area contributed by atoms with Gasteiger partial charge >= 0.3 is 5.97 Å². The fourth-order valence-corrected chi connectivity index (χ4v) is 6.02. The summed E-state index contributed by atoms with van der Waals surface area (Å²) in [5, 5.41) is 12.9. The Labute approximate surface area is 188 Å². The number of hydrogen-bond acceptors (Lipinski definition) is 6. The molecular formula is C24H32N2O6. The fourth-order valence-electron chi connectivity index (χ4n) is 6.02. The molecule has 0 aliphatic carbocycles. The number of carbonyl (C=O) groups is 3. The maximum Gasteiger partial charge on any atom is 0.312 e. The number of nitrogens with one attached hydrogen (secondary N) is 1. The van der Waals surface area contributed by atoms with Crippen LogP contribution in [0.3, 0.4) is 0 Å². The number of aliphatic hydroxyl groups is 1. The third kappa shape index (κ3) is 3.07. The number of amides is 2. The molecule has 4 rings (SSSR count). The molecule has 0 radical (unpaired) electrons. The van der Waals surface area contributed by atoms with Gasteiger partial charge in [0, 0.05) is 5.69 Å². The molecule has 3 saturated heterocycles. The first-order valence-electron chi connectivity index (χ1n) is 11.3. The van der Waals surface area contributed by atoms with Crippen molar-refractivity contribution in [3.63, 3.8) is 0 Å². The van der Waals surface area contributed by atoms with E-state index in [9.17, 15) is 19.5 Å². The summed E-state index contributed by atoms with van der Waals surface area (Å²) in [4.78, 5) is 41.8. The Kier molecular flexibility index (Phi) is 5.57. The van der Waals surface area contributed by atoms with Gasteiger partial charge in [-0.3, -0.25) is 14.4 Å². The summed E-state index contributed by atoms with van der Waals surface area (Å²) in [6.45, 7) is 8.97. The Balaban J connectivity index is 1.78. The maximum absolute atomic E-state index is 13.7. The van der Waals surface area contributed by atoms with Gasteiger partial charge < -0.3 is 24.8 Å². The second-order valence-corrected chi connectivity index (χ2v) is 9.51. The molecule has 1 aromatic carbocycles. The van der Waals surface area contributed by atoms with Crippen LogP contribution >= 0.6 is 0 Å². The number of para-hydroxylation sites is 1. The number of anilines is 1. The number of fused-ring (bicyclic) bond motifs is 1. The SMILES string of the molecule is CCOC(=O)[C@H]1[C@H]2C(=O)N([C@H](C)CO)C(C(=O)Nc3c(C)cccc3C)C23CC[C@]1(C)O3. The van der Waals surface area contributed by atoms with Crippen molar-refractivity contribution in [2.75, 3.05) is 18.5 Å². The molecule has 1 aromatic rings. The molecule has 2 bridgehead atoms. The molecule has 2 N–H and O–H groups in total. The molecular weight excluding hydrogens is 412 g/mol. The van der Waals surface area contributed by atoms with Gasteiger partial charge in [-0.1, -0.05) is 18.2 Å². The van der Waals surface area contributed by atoms with Crippen molar-refractivity contribution in [1.29, 1.82) is 0 Å². The van der Waals surface area contributed by atoms with Crippen LogP contribution in [0, 0.1) is 25.7 Å². The first kappa shape index (κ1) is 22.7. The van der Waals surface area contributed by atoms with E-state index < -0.39 is 41.1 Å². The van der Waals surface area contributed by atoms with Gasteiger partial charge in [-0.15, -0.1) is 0 Å².